The smallest absolute Gasteiger partial charge is 0.131 e. The number of allylic oxidation sites excluding steroid dienone is 1. The third-order valence-corrected chi connectivity index (χ3v) is 3.05. The highest BCUT2D eigenvalue weighted by Crippen LogP contribution is 2.37. The third kappa shape index (κ3) is 2.91. The number of benzene rings is 1. The second kappa shape index (κ2) is 4.64. The van der Waals surface area contributed by atoms with E-state index in [9.17, 15) is 10.2 Å². The van der Waals surface area contributed by atoms with Crippen molar-refractivity contribution in [3.63, 3.8) is 0 Å². The lowest BCUT2D eigenvalue weighted by Crippen LogP contribution is -2.39. The predicted molar refractivity (Wildman–Crippen MR) is 74.2 cm³/mol. The molecule has 3 nitrogen and oxygen atoms in total. The summed E-state index contributed by atoms with van der Waals surface area (Å²) in [7, 11) is 0. The molecule has 100 valence electrons. The summed E-state index contributed by atoms with van der Waals surface area (Å²) in [5.74, 6) is 6.49. The molecular weight excluding hydrogens is 240 g/mol. The van der Waals surface area contributed by atoms with Crippen molar-refractivity contribution in [1.82, 2.24) is 0 Å². The molecule has 1 aromatic carbocycles. The Bertz CT molecular complexity index is 582. The Morgan fingerprint density at radius 3 is 2.74 bits per heavy atom. The highest BCUT2D eigenvalue weighted by Gasteiger charge is 2.35. The number of aromatic hydroxyl groups is 1. The van der Waals surface area contributed by atoms with Gasteiger partial charge in [0.2, 0.25) is 0 Å². The summed E-state index contributed by atoms with van der Waals surface area (Å²) in [5, 5.41) is 19.9. The van der Waals surface area contributed by atoms with Crippen molar-refractivity contribution in [3.05, 3.63) is 35.4 Å². The van der Waals surface area contributed by atoms with Gasteiger partial charge in [-0.1, -0.05) is 18.4 Å². The van der Waals surface area contributed by atoms with Gasteiger partial charge in [0.15, 0.2) is 0 Å². The van der Waals surface area contributed by atoms with Gasteiger partial charge >= 0.3 is 0 Å². The van der Waals surface area contributed by atoms with Crippen LogP contribution in [0.5, 0.6) is 11.5 Å². The summed E-state index contributed by atoms with van der Waals surface area (Å²) < 4.78 is 5.72. The van der Waals surface area contributed by atoms with Gasteiger partial charge in [-0.2, -0.15) is 0 Å². The second-order valence-electron chi connectivity index (χ2n) is 5.47. The van der Waals surface area contributed by atoms with Crippen molar-refractivity contribution in [1.29, 1.82) is 0 Å². The van der Waals surface area contributed by atoms with Crippen molar-refractivity contribution < 1.29 is 14.9 Å². The van der Waals surface area contributed by atoms with Crippen LogP contribution in [0.4, 0.5) is 0 Å². The van der Waals surface area contributed by atoms with Gasteiger partial charge in [0.25, 0.3) is 0 Å². The van der Waals surface area contributed by atoms with Crippen LogP contribution < -0.4 is 4.74 Å². The molecule has 0 bridgehead atoms. The lowest BCUT2D eigenvalue weighted by atomic mass is 9.97. The molecule has 1 heterocycles. The van der Waals surface area contributed by atoms with Crippen LogP contribution in [0.1, 0.15) is 31.9 Å². The minimum Gasteiger partial charge on any atom is -0.507 e. The van der Waals surface area contributed by atoms with Crippen molar-refractivity contribution in [2.75, 3.05) is 0 Å². The van der Waals surface area contributed by atoms with Gasteiger partial charge in [-0.25, -0.2) is 0 Å². The number of phenolic OH excluding ortho intramolecular Hbond substituents is 1. The molecule has 0 amide bonds. The molecule has 0 saturated heterocycles. The van der Waals surface area contributed by atoms with E-state index < -0.39 is 5.60 Å². The van der Waals surface area contributed by atoms with Crippen LogP contribution in [0.15, 0.2) is 24.3 Å². The second-order valence-corrected chi connectivity index (χ2v) is 5.47. The number of phenols is 1. The minimum absolute atomic E-state index is 0.132. The first-order chi connectivity index (χ1) is 8.77. The molecule has 0 radical (unpaired) electrons. The average Bonchev–Trinajstić information content (AvgIpc) is 2.68. The molecule has 2 N–H and O–H groups in total. The Balaban J connectivity index is 2.33. The Morgan fingerprint density at radius 2 is 2.16 bits per heavy atom. The molecule has 1 aliphatic rings. The topological polar surface area (TPSA) is 49.7 Å². The Kier molecular flexibility index (Phi) is 3.30. The van der Waals surface area contributed by atoms with E-state index in [0.29, 0.717) is 17.7 Å². The van der Waals surface area contributed by atoms with E-state index in [0.717, 1.165) is 11.1 Å². The zero-order valence-corrected chi connectivity index (χ0v) is 11.4. The quantitative estimate of drug-likeness (QED) is 0.760. The monoisotopic (exact) mass is 258 g/mol. The Hall–Kier alpha value is -1.92. The standard InChI is InChI=1S/C16H18O3/c1-10(2)5-6-11-8-14-12(7-13(11)17)9-15(19-14)16(3,4)18/h7-8,15,17-18H,1,9H2,2-4H3/t15-/m1/s1. The van der Waals surface area contributed by atoms with Crippen LogP contribution in [0.3, 0.4) is 0 Å². The molecule has 1 atom stereocenters. The third-order valence-electron chi connectivity index (χ3n) is 3.05. The Labute approximate surface area is 113 Å². The lowest BCUT2D eigenvalue weighted by molar-refractivity contribution is -0.0229. The van der Waals surface area contributed by atoms with E-state index in [1.807, 2.05) is 0 Å². The van der Waals surface area contributed by atoms with Crippen LogP contribution in [-0.2, 0) is 6.42 Å². The normalized spacial score (nSPS) is 17.2. The van der Waals surface area contributed by atoms with Crippen molar-refractivity contribution in [3.8, 4) is 23.3 Å². The molecule has 1 aliphatic heterocycles. The number of rotatable bonds is 1. The van der Waals surface area contributed by atoms with Gasteiger partial charge in [0.1, 0.15) is 17.6 Å². The van der Waals surface area contributed by atoms with E-state index in [1.54, 1.807) is 32.9 Å². The molecule has 19 heavy (non-hydrogen) atoms. The summed E-state index contributed by atoms with van der Waals surface area (Å²) in [6.07, 6.45) is 0.284. The molecule has 0 saturated carbocycles. The number of aliphatic hydroxyl groups is 1. The fourth-order valence-corrected chi connectivity index (χ4v) is 1.94. The number of hydrogen-bond donors (Lipinski definition) is 2. The van der Waals surface area contributed by atoms with Crippen molar-refractivity contribution in [2.45, 2.75) is 38.9 Å². The maximum absolute atomic E-state index is 9.98. The van der Waals surface area contributed by atoms with Gasteiger partial charge in [-0.15, -0.1) is 0 Å². The fourth-order valence-electron chi connectivity index (χ4n) is 1.94. The first-order valence-corrected chi connectivity index (χ1v) is 6.20. The summed E-state index contributed by atoms with van der Waals surface area (Å²) in [6, 6.07) is 3.37. The highest BCUT2D eigenvalue weighted by molar-refractivity contribution is 5.55. The van der Waals surface area contributed by atoms with Gasteiger partial charge in [0, 0.05) is 12.0 Å². The van der Waals surface area contributed by atoms with Gasteiger partial charge < -0.3 is 14.9 Å². The highest BCUT2D eigenvalue weighted by atomic mass is 16.5. The van der Waals surface area contributed by atoms with E-state index in [2.05, 4.69) is 18.4 Å². The van der Waals surface area contributed by atoms with Crippen molar-refractivity contribution in [2.24, 2.45) is 0 Å². The SMILES string of the molecule is C=C(C)C#Cc1cc2c(cc1O)C[C@H](C(C)(C)O)O2. The largest absolute Gasteiger partial charge is 0.507 e. The van der Waals surface area contributed by atoms with E-state index in [1.165, 1.54) is 0 Å². The zero-order chi connectivity index (χ0) is 14.2. The predicted octanol–water partition coefficient (Wildman–Crippen LogP) is 2.39. The molecule has 1 aromatic rings. The first-order valence-electron chi connectivity index (χ1n) is 6.20. The van der Waals surface area contributed by atoms with Crippen LogP contribution in [0, 0.1) is 11.8 Å². The van der Waals surface area contributed by atoms with Crippen LogP contribution >= 0.6 is 0 Å². The average molecular weight is 258 g/mol. The molecule has 3 heteroatoms. The Morgan fingerprint density at radius 1 is 1.47 bits per heavy atom. The van der Waals surface area contributed by atoms with Gasteiger partial charge in [-0.3, -0.25) is 0 Å². The van der Waals surface area contributed by atoms with Crippen LogP contribution in [0.2, 0.25) is 0 Å². The molecule has 0 aliphatic carbocycles. The summed E-state index contributed by atoms with van der Waals surface area (Å²) in [5.41, 5.74) is 1.22. The lowest BCUT2D eigenvalue weighted by Gasteiger charge is -2.24. The van der Waals surface area contributed by atoms with Gasteiger partial charge in [0.05, 0.1) is 11.2 Å². The minimum atomic E-state index is -0.918. The van der Waals surface area contributed by atoms with E-state index >= 15 is 0 Å². The fraction of sp³-hybridized carbons (Fsp3) is 0.375. The summed E-state index contributed by atoms with van der Waals surface area (Å²) >= 11 is 0. The summed E-state index contributed by atoms with van der Waals surface area (Å²) in [6.45, 7) is 8.93. The van der Waals surface area contributed by atoms with Gasteiger partial charge in [-0.05, 0) is 38.5 Å². The molecular formula is C16H18O3. The molecule has 0 fully saturated rings. The molecule has 0 aromatic heterocycles. The van der Waals surface area contributed by atoms with Crippen LogP contribution in [0.25, 0.3) is 0 Å². The van der Waals surface area contributed by atoms with E-state index in [4.69, 9.17) is 4.74 Å². The molecule has 0 spiro atoms. The maximum Gasteiger partial charge on any atom is 0.131 e. The van der Waals surface area contributed by atoms with Crippen LogP contribution in [-0.4, -0.2) is 21.9 Å². The number of hydrogen-bond acceptors (Lipinski definition) is 3. The maximum atomic E-state index is 9.98. The molecule has 2 rings (SSSR count). The number of ether oxygens (including phenoxy) is 1. The molecule has 0 unspecified atom stereocenters. The van der Waals surface area contributed by atoms with E-state index in [-0.39, 0.29) is 11.9 Å². The zero-order valence-electron chi connectivity index (χ0n) is 11.4. The first kappa shape index (κ1) is 13.5. The van der Waals surface area contributed by atoms with Crippen molar-refractivity contribution >= 4 is 0 Å². The number of fused-ring (bicyclic) bond motifs is 1. The summed E-state index contributed by atoms with van der Waals surface area (Å²) in [4.78, 5) is 0.